The summed E-state index contributed by atoms with van der Waals surface area (Å²) in [7, 11) is 3.37. The van der Waals surface area contributed by atoms with Gasteiger partial charge in [0.25, 0.3) is 0 Å². The summed E-state index contributed by atoms with van der Waals surface area (Å²) >= 11 is 0. The molecule has 1 spiro atoms. The fraction of sp³-hybridized carbons (Fsp3) is 0.980. The molecule has 382 valence electrons. The van der Waals surface area contributed by atoms with E-state index in [0.29, 0.717) is 57.8 Å². The molecule has 0 aliphatic carbocycles. The maximum atomic E-state index is 12.6. The molecule has 16 nitrogen and oxygen atoms in total. The highest BCUT2D eigenvalue weighted by Crippen LogP contribution is 2.56. The first kappa shape index (κ1) is 52.7. The van der Waals surface area contributed by atoms with Crippen LogP contribution in [0.15, 0.2) is 0 Å². The van der Waals surface area contributed by atoms with Crippen LogP contribution in [0.2, 0.25) is 0 Å². The Morgan fingerprint density at radius 1 is 0.803 bits per heavy atom. The normalized spacial score (nSPS) is 49.7. The number of methoxy groups -OCH3 is 2. The van der Waals surface area contributed by atoms with Crippen LogP contribution in [0.5, 0.6) is 0 Å². The summed E-state index contributed by atoms with van der Waals surface area (Å²) in [4.78, 5) is 12.6. The molecule has 0 bridgehead atoms. The Morgan fingerprint density at radius 2 is 1.44 bits per heavy atom. The van der Waals surface area contributed by atoms with Crippen molar-refractivity contribution >= 4 is 5.97 Å². The van der Waals surface area contributed by atoms with Gasteiger partial charge in [-0.3, -0.25) is 4.79 Å². The third-order valence-electron chi connectivity index (χ3n) is 17.4. The molecule has 0 aromatic carbocycles. The highest BCUT2D eigenvalue weighted by atomic mass is 16.7. The van der Waals surface area contributed by atoms with E-state index in [1.165, 1.54) is 0 Å². The standard InChI is InChI=1S/C50H86O16/c1-13-38(61-40-16-14-35(56-11)32(8)58-40)49(45-27(3)23-37(60-45)42-26(2)22-28(4)50(55,25-51)65-42)19-18-39(63-49)47(10)20-21-48(66-47)24-34(52)29(5)44(64-48)30(6)43(31(7)46(53)54)62-41-17-15-36(57-12)33(9)59-41/h26-45,51-52,55H,13-25H2,1-12H3,(H,53,54). The van der Waals surface area contributed by atoms with Crippen molar-refractivity contribution in [3.63, 3.8) is 0 Å². The van der Waals surface area contributed by atoms with Crippen molar-refractivity contribution in [1.82, 2.24) is 0 Å². The SMILES string of the molecule is CCC(OC1CCC(OC)C(C)O1)C1(C2OC(C3OC(O)(CO)C(C)CC3C)CC2C)CCC(C2(C)CCC3(CC(O)C(C)C(C(C)C(OC4CCC(OC)C(C)O4)C(C)C(=O)O)O3)O2)O1. The summed E-state index contributed by atoms with van der Waals surface area (Å²) in [6, 6.07) is 0. The maximum absolute atomic E-state index is 12.6. The topological polar surface area (TPSA) is 200 Å². The molecule has 24 unspecified atom stereocenters. The van der Waals surface area contributed by atoms with Gasteiger partial charge in [-0.1, -0.05) is 41.5 Å². The van der Waals surface area contributed by atoms with E-state index in [4.69, 9.17) is 52.1 Å². The van der Waals surface area contributed by atoms with Crippen LogP contribution < -0.4 is 0 Å². The summed E-state index contributed by atoms with van der Waals surface area (Å²) in [6.45, 7) is 19.4. The molecule has 7 rings (SSSR count). The van der Waals surface area contributed by atoms with Crippen LogP contribution in [0.25, 0.3) is 0 Å². The van der Waals surface area contributed by atoms with Gasteiger partial charge in [0.2, 0.25) is 0 Å². The Labute approximate surface area is 393 Å². The predicted octanol–water partition coefficient (Wildman–Crippen LogP) is 6.11. The molecule has 0 amide bonds. The molecule has 0 aromatic heterocycles. The van der Waals surface area contributed by atoms with E-state index < -0.39 is 96.4 Å². The molecule has 0 radical (unpaired) electrons. The number of aliphatic carboxylic acids is 1. The highest BCUT2D eigenvalue weighted by Gasteiger charge is 2.65. The number of hydrogen-bond acceptors (Lipinski definition) is 15. The number of rotatable bonds is 16. The van der Waals surface area contributed by atoms with Gasteiger partial charge in [-0.25, -0.2) is 0 Å². The van der Waals surface area contributed by atoms with Gasteiger partial charge >= 0.3 is 5.97 Å². The van der Waals surface area contributed by atoms with Crippen LogP contribution in [0.1, 0.15) is 146 Å². The summed E-state index contributed by atoms with van der Waals surface area (Å²) in [5.74, 6) is -5.55. The molecule has 66 heavy (non-hydrogen) atoms. The van der Waals surface area contributed by atoms with Gasteiger partial charge in [0.05, 0.1) is 91.4 Å². The van der Waals surface area contributed by atoms with Crippen molar-refractivity contribution in [1.29, 1.82) is 0 Å². The Morgan fingerprint density at radius 3 is 2.02 bits per heavy atom. The molecule has 7 saturated heterocycles. The monoisotopic (exact) mass is 943 g/mol. The zero-order chi connectivity index (χ0) is 48.1. The molecular formula is C50H86O16. The largest absolute Gasteiger partial charge is 0.481 e. The van der Waals surface area contributed by atoms with Crippen molar-refractivity contribution in [2.45, 2.75) is 255 Å². The molecule has 7 heterocycles. The maximum Gasteiger partial charge on any atom is 0.308 e. The molecule has 4 N–H and O–H groups in total. The molecule has 0 aromatic rings. The van der Waals surface area contributed by atoms with Gasteiger partial charge in [-0.2, -0.15) is 0 Å². The molecule has 7 aliphatic heterocycles. The van der Waals surface area contributed by atoms with E-state index in [1.54, 1.807) is 21.1 Å². The van der Waals surface area contributed by atoms with Crippen LogP contribution in [0.4, 0.5) is 0 Å². The molecule has 7 fully saturated rings. The minimum atomic E-state index is -1.65. The van der Waals surface area contributed by atoms with Crippen LogP contribution in [0, 0.1) is 35.5 Å². The number of hydrogen-bond donors (Lipinski definition) is 4. The first-order chi connectivity index (χ1) is 31.2. The number of aliphatic hydroxyl groups excluding tert-OH is 2. The van der Waals surface area contributed by atoms with E-state index in [2.05, 4.69) is 27.7 Å². The van der Waals surface area contributed by atoms with Crippen LogP contribution in [0.3, 0.4) is 0 Å². The van der Waals surface area contributed by atoms with E-state index in [9.17, 15) is 25.2 Å². The van der Waals surface area contributed by atoms with Crippen molar-refractivity contribution in [3.8, 4) is 0 Å². The zero-order valence-electron chi connectivity index (χ0n) is 41.9. The molecular weight excluding hydrogens is 857 g/mol. The van der Waals surface area contributed by atoms with E-state index in [1.807, 2.05) is 34.6 Å². The zero-order valence-corrected chi connectivity index (χ0v) is 41.9. The summed E-state index contributed by atoms with van der Waals surface area (Å²) < 4.78 is 72.8. The minimum Gasteiger partial charge on any atom is -0.481 e. The summed E-state index contributed by atoms with van der Waals surface area (Å²) in [6.07, 6.45) is 1.79. The van der Waals surface area contributed by atoms with Gasteiger partial charge in [0.1, 0.15) is 5.60 Å². The Balaban J connectivity index is 1.12. The van der Waals surface area contributed by atoms with Crippen molar-refractivity contribution < 1.29 is 77.3 Å². The lowest BCUT2D eigenvalue weighted by molar-refractivity contribution is -0.343. The third-order valence-corrected chi connectivity index (χ3v) is 17.4. The predicted molar refractivity (Wildman–Crippen MR) is 240 cm³/mol. The number of ether oxygens (including phenoxy) is 11. The Kier molecular flexibility index (Phi) is 16.7. The first-order valence-corrected chi connectivity index (χ1v) is 25.5. The van der Waals surface area contributed by atoms with Crippen LogP contribution in [-0.4, -0.2) is 156 Å². The second-order valence-electron chi connectivity index (χ2n) is 22.0. The lowest BCUT2D eigenvalue weighted by Crippen LogP contribution is -2.59. The Bertz CT molecular complexity index is 1610. The van der Waals surface area contributed by atoms with Crippen molar-refractivity contribution in [3.05, 3.63) is 0 Å². The lowest BCUT2D eigenvalue weighted by atomic mass is 9.78. The van der Waals surface area contributed by atoms with E-state index in [-0.39, 0.29) is 66.7 Å². The molecule has 0 saturated carbocycles. The van der Waals surface area contributed by atoms with Gasteiger partial charge in [0.15, 0.2) is 24.2 Å². The molecule has 24 atom stereocenters. The number of aliphatic hydroxyl groups is 3. The van der Waals surface area contributed by atoms with Gasteiger partial charge in [0, 0.05) is 57.7 Å². The van der Waals surface area contributed by atoms with Crippen molar-refractivity contribution in [2.75, 3.05) is 20.8 Å². The van der Waals surface area contributed by atoms with Crippen LogP contribution in [-0.2, 0) is 56.9 Å². The first-order valence-electron chi connectivity index (χ1n) is 25.5. The second-order valence-corrected chi connectivity index (χ2v) is 22.0. The van der Waals surface area contributed by atoms with Crippen molar-refractivity contribution in [2.24, 2.45) is 35.5 Å². The average molecular weight is 943 g/mol. The smallest absolute Gasteiger partial charge is 0.308 e. The number of carboxylic acids is 1. The quantitative estimate of drug-likeness (QED) is 0.138. The minimum absolute atomic E-state index is 0.0153. The fourth-order valence-electron chi connectivity index (χ4n) is 13.2. The third kappa shape index (κ3) is 10.3. The van der Waals surface area contributed by atoms with Gasteiger partial charge in [-0.05, 0) is 90.9 Å². The number of carbonyl (C=O) groups is 1. The fourth-order valence-corrected chi connectivity index (χ4v) is 13.2. The average Bonchev–Trinajstić information content (AvgIpc) is 4.00. The summed E-state index contributed by atoms with van der Waals surface area (Å²) in [5.41, 5.74) is -1.73. The van der Waals surface area contributed by atoms with Gasteiger partial charge < -0.3 is 72.5 Å². The van der Waals surface area contributed by atoms with E-state index >= 15 is 0 Å². The van der Waals surface area contributed by atoms with Crippen LogP contribution >= 0.6 is 0 Å². The lowest BCUT2D eigenvalue weighted by Gasteiger charge is -2.49. The molecule has 16 heteroatoms. The highest BCUT2D eigenvalue weighted by molar-refractivity contribution is 5.70. The summed E-state index contributed by atoms with van der Waals surface area (Å²) in [5, 5.41) is 43.6. The number of carboxylic acid groups (broad SMARTS) is 1. The second kappa shape index (κ2) is 20.9. The molecule has 7 aliphatic rings. The Hall–Kier alpha value is -1.09. The van der Waals surface area contributed by atoms with E-state index in [0.717, 1.165) is 12.8 Å². The van der Waals surface area contributed by atoms with Gasteiger partial charge in [-0.15, -0.1) is 0 Å².